The Morgan fingerprint density at radius 3 is 2.83 bits per heavy atom. The van der Waals surface area contributed by atoms with Crippen LogP contribution in [-0.2, 0) is 4.79 Å². The lowest BCUT2D eigenvalue weighted by Crippen LogP contribution is -2.35. The number of carbonyl (C=O) groups excluding carboxylic acids is 1. The molecule has 0 saturated heterocycles. The smallest absolute Gasteiger partial charge is 0.262 e. The van der Waals surface area contributed by atoms with E-state index in [1.807, 2.05) is 48.7 Å². The van der Waals surface area contributed by atoms with Crippen LogP contribution in [0.15, 0.2) is 46.9 Å². The summed E-state index contributed by atoms with van der Waals surface area (Å²) in [4.78, 5) is 17.6. The van der Waals surface area contributed by atoms with E-state index in [1.54, 1.807) is 18.3 Å². The zero-order valence-corrected chi connectivity index (χ0v) is 14.4. The van der Waals surface area contributed by atoms with Gasteiger partial charge in [0.2, 0.25) is 0 Å². The third-order valence-corrected chi connectivity index (χ3v) is 5.18. The monoisotopic (exact) mass is 344 g/mol. The van der Waals surface area contributed by atoms with Gasteiger partial charge in [0.25, 0.3) is 5.91 Å². The molecule has 0 spiro atoms. The molecule has 0 aliphatic rings. The molecule has 3 rings (SSSR count). The third-order valence-electron chi connectivity index (χ3n) is 3.24. The molecule has 2 N–H and O–H groups in total. The Labute approximate surface area is 142 Å². The highest BCUT2D eigenvalue weighted by molar-refractivity contribution is 7.22. The second-order valence-corrected chi connectivity index (χ2v) is 6.98. The van der Waals surface area contributed by atoms with Gasteiger partial charge in [-0.1, -0.05) is 29.5 Å². The largest absolute Gasteiger partial charge is 0.350 e. The molecule has 23 heavy (non-hydrogen) atoms. The molecule has 0 radical (unpaired) electrons. The molecular weight excluding hydrogens is 328 g/mol. The van der Waals surface area contributed by atoms with Crippen LogP contribution in [0.1, 0.15) is 18.7 Å². The third kappa shape index (κ3) is 3.75. The van der Waals surface area contributed by atoms with E-state index in [1.165, 1.54) is 11.3 Å². The van der Waals surface area contributed by atoms with Gasteiger partial charge in [-0.3, -0.25) is 4.79 Å². The van der Waals surface area contributed by atoms with Crippen molar-refractivity contribution in [1.82, 2.24) is 10.4 Å². The lowest BCUT2D eigenvalue weighted by Gasteiger charge is -2.10. The van der Waals surface area contributed by atoms with Crippen molar-refractivity contribution in [3.63, 3.8) is 0 Å². The first-order chi connectivity index (χ1) is 11.1. The van der Waals surface area contributed by atoms with Crippen molar-refractivity contribution in [3.05, 3.63) is 46.7 Å². The standard InChI is InChI=1S/C16H16N4OS2/c1-10(13-8-5-9-22-13)19-20-15(21)11(2)17-16-18-12-6-3-4-7-14(12)23-16/h3-9,11H,1-2H3,(H,17,18)(H,20,21)/b19-10-/t11-/m1/s1. The molecule has 3 aromatic rings. The average molecular weight is 344 g/mol. The van der Waals surface area contributed by atoms with Crippen LogP contribution in [0.2, 0.25) is 0 Å². The van der Waals surface area contributed by atoms with Crippen LogP contribution < -0.4 is 10.7 Å². The van der Waals surface area contributed by atoms with E-state index >= 15 is 0 Å². The van der Waals surface area contributed by atoms with E-state index < -0.39 is 6.04 Å². The molecule has 0 aliphatic heterocycles. The Balaban J connectivity index is 1.62. The average Bonchev–Trinajstić information content (AvgIpc) is 3.20. The van der Waals surface area contributed by atoms with Gasteiger partial charge in [-0.2, -0.15) is 5.10 Å². The maximum Gasteiger partial charge on any atom is 0.262 e. The number of para-hydroxylation sites is 1. The van der Waals surface area contributed by atoms with E-state index in [0.29, 0.717) is 0 Å². The Bertz CT molecular complexity index is 806. The maximum absolute atomic E-state index is 12.1. The van der Waals surface area contributed by atoms with Crippen LogP contribution in [-0.4, -0.2) is 22.6 Å². The molecule has 1 aromatic carbocycles. The van der Waals surface area contributed by atoms with Crippen LogP contribution in [0.5, 0.6) is 0 Å². The fourth-order valence-corrected chi connectivity index (χ4v) is 3.59. The number of nitrogens with one attached hydrogen (secondary N) is 2. The Kier molecular flexibility index (Phi) is 4.68. The summed E-state index contributed by atoms with van der Waals surface area (Å²) in [6.45, 7) is 3.66. The van der Waals surface area contributed by atoms with Crippen LogP contribution in [0.25, 0.3) is 10.2 Å². The van der Waals surface area contributed by atoms with Crippen molar-refractivity contribution >= 4 is 49.6 Å². The summed E-state index contributed by atoms with van der Waals surface area (Å²) < 4.78 is 1.09. The van der Waals surface area contributed by atoms with Crippen LogP contribution in [0.4, 0.5) is 5.13 Å². The molecule has 0 unspecified atom stereocenters. The summed E-state index contributed by atoms with van der Waals surface area (Å²) in [5, 5.41) is 9.97. The number of hydrogen-bond acceptors (Lipinski definition) is 6. The van der Waals surface area contributed by atoms with Crippen molar-refractivity contribution < 1.29 is 4.79 Å². The van der Waals surface area contributed by atoms with Crippen molar-refractivity contribution in [3.8, 4) is 0 Å². The molecule has 0 fully saturated rings. The highest BCUT2D eigenvalue weighted by Gasteiger charge is 2.14. The van der Waals surface area contributed by atoms with E-state index in [9.17, 15) is 4.79 Å². The number of carbonyl (C=O) groups is 1. The molecule has 1 atom stereocenters. The lowest BCUT2D eigenvalue weighted by molar-refractivity contribution is -0.121. The molecule has 0 bridgehead atoms. The number of hydrazone groups is 1. The van der Waals surface area contributed by atoms with Gasteiger partial charge in [-0.25, -0.2) is 10.4 Å². The minimum Gasteiger partial charge on any atom is -0.350 e. The van der Waals surface area contributed by atoms with Gasteiger partial charge in [0.05, 0.1) is 15.9 Å². The number of benzene rings is 1. The Morgan fingerprint density at radius 2 is 2.09 bits per heavy atom. The summed E-state index contributed by atoms with van der Waals surface area (Å²) in [7, 11) is 0. The predicted molar refractivity (Wildman–Crippen MR) is 97.4 cm³/mol. The number of rotatable bonds is 5. The van der Waals surface area contributed by atoms with Gasteiger partial charge in [0, 0.05) is 4.88 Å². The SMILES string of the molecule is C/C(=N/NC(=O)[C@@H](C)Nc1nc2ccccc2s1)c1cccs1. The molecule has 7 heteroatoms. The Hall–Kier alpha value is -2.25. The normalized spacial score (nSPS) is 13.0. The predicted octanol–water partition coefficient (Wildman–Crippen LogP) is 3.70. The number of thiophene rings is 1. The van der Waals surface area contributed by atoms with Gasteiger partial charge < -0.3 is 5.32 Å². The molecule has 5 nitrogen and oxygen atoms in total. The fraction of sp³-hybridized carbons (Fsp3) is 0.188. The van der Waals surface area contributed by atoms with E-state index in [-0.39, 0.29) is 5.91 Å². The first kappa shape index (κ1) is 15.6. The molecule has 118 valence electrons. The summed E-state index contributed by atoms with van der Waals surface area (Å²) in [6.07, 6.45) is 0. The number of nitrogens with zero attached hydrogens (tertiary/aromatic N) is 2. The fourth-order valence-electron chi connectivity index (χ4n) is 1.96. The van der Waals surface area contributed by atoms with Gasteiger partial charge in [0.15, 0.2) is 5.13 Å². The van der Waals surface area contributed by atoms with Crippen molar-refractivity contribution in [2.24, 2.45) is 5.10 Å². The number of fused-ring (bicyclic) bond motifs is 1. The van der Waals surface area contributed by atoms with Crippen LogP contribution >= 0.6 is 22.7 Å². The van der Waals surface area contributed by atoms with Crippen molar-refractivity contribution in [2.75, 3.05) is 5.32 Å². The topological polar surface area (TPSA) is 66.4 Å². The number of thiazole rings is 1. The summed E-state index contributed by atoms with van der Waals surface area (Å²) in [5.74, 6) is -0.194. The summed E-state index contributed by atoms with van der Waals surface area (Å²) >= 11 is 3.12. The number of aromatic nitrogens is 1. The number of hydrogen-bond donors (Lipinski definition) is 2. The van der Waals surface area contributed by atoms with Crippen LogP contribution in [0.3, 0.4) is 0 Å². The second kappa shape index (κ2) is 6.89. The molecular formula is C16H16N4OS2. The molecule has 0 saturated carbocycles. The molecule has 0 aliphatic carbocycles. The summed E-state index contributed by atoms with van der Waals surface area (Å²) in [6, 6.07) is 11.4. The van der Waals surface area contributed by atoms with E-state index in [0.717, 1.165) is 25.9 Å². The highest BCUT2D eigenvalue weighted by atomic mass is 32.1. The minimum absolute atomic E-state index is 0.194. The molecule has 2 heterocycles. The first-order valence-electron chi connectivity index (χ1n) is 7.13. The van der Waals surface area contributed by atoms with Gasteiger partial charge >= 0.3 is 0 Å². The van der Waals surface area contributed by atoms with E-state index in [4.69, 9.17) is 0 Å². The summed E-state index contributed by atoms with van der Waals surface area (Å²) in [5.41, 5.74) is 4.32. The van der Waals surface area contributed by atoms with Crippen molar-refractivity contribution in [2.45, 2.75) is 19.9 Å². The number of amides is 1. The van der Waals surface area contributed by atoms with E-state index in [2.05, 4.69) is 20.8 Å². The first-order valence-corrected chi connectivity index (χ1v) is 8.83. The van der Waals surface area contributed by atoms with Gasteiger partial charge in [-0.05, 0) is 37.4 Å². The lowest BCUT2D eigenvalue weighted by atomic mass is 10.3. The Morgan fingerprint density at radius 1 is 1.26 bits per heavy atom. The highest BCUT2D eigenvalue weighted by Crippen LogP contribution is 2.25. The van der Waals surface area contributed by atoms with Crippen molar-refractivity contribution in [1.29, 1.82) is 0 Å². The zero-order valence-electron chi connectivity index (χ0n) is 12.7. The molecule has 1 amide bonds. The quantitative estimate of drug-likeness (QED) is 0.548. The minimum atomic E-state index is -0.421. The van der Waals surface area contributed by atoms with Gasteiger partial charge in [0.1, 0.15) is 6.04 Å². The zero-order chi connectivity index (χ0) is 16.2. The maximum atomic E-state index is 12.1. The van der Waals surface area contributed by atoms with Gasteiger partial charge in [-0.15, -0.1) is 11.3 Å². The second-order valence-electron chi connectivity index (χ2n) is 5.00. The molecule has 2 aromatic heterocycles. The number of anilines is 1. The van der Waals surface area contributed by atoms with Crippen LogP contribution in [0, 0.1) is 0 Å².